The third-order valence-corrected chi connectivity index (χ3v) is 8.11. The maximum absolute atomic E-state index is 13.0. The SMILES string of the molecule is Cc1c(Cl)cccc1NC(SCC(=O)N1CCCCCC1)=C(C#N)c1nc2ccccc2s1. The van der Waals surface area contributed by atoms with Crippen molar-refractivity contribution in [3.05, 3.63) is 63.1 Å². The van der Waals surface area contributed by atoms with Crippen LogP contribution in [0.25, 0.3) is 15.8 Å². The normalized spacial score (nSPS) is 15.0. The van der Waals surface area contributed by atoms with E-state index in [4.69, 9.17) is 11.6 Å². The van der Waals surface area contributed by atoms with Crippen molar-refractivity contribution >= 4 is 62.1 Å². The Morgan fingerprint density at radius 3 is 2.67 bits per heavy atom. The number of fused-ring (bicyclic) bond motifs is 1. The lowest BCUT2D eigenvalue weighted by Crippen LogP contribution is -2.33. The van der Waals surface area contributed by atoms with Crippen molar-refractivity contribution in [2.24, 2.45) is 0 Å². The molecule has 5 nitrogen and oxygen atoms in total. The Morgan fingerprint density at radius 2 is 1.94 bits per heavy atom. The third kappa shape index (κ3) is 5.70. The van der Waals surface area contributed by atoms with Gasteiger partial charge >= 0.3 is 0 Å². The summed E-state index contributed by atoms with van der Waals surface area (Å²) in [6.45, 7) is 3.55. The van der Waals surface area contributed by atoms with Gasteiger partial charge in [0.05, 0.1) is 21.0 Å². The zero-order chi connectivity index (χ0) is 23.2. The molecule has 0 saturated carbocycles. The van der Waals surface area contributed by atoms with E-state index in [1.54, 1.807) is 0 Å². The van der Waals surface area contributed by atoms with Crippen LogP contribution in [-0.2, 0) is 4.79 Å². The second-order valence-electron chi connectivity index (χ2n) is 7.92. The van der Waals surface area contributed by atoms with Gasteiger partial charge in [0, 0.05) is 23.8 Å². The summed E-state index contributed by atoms with van der Waals surface area (Å²) in [6.07, 6.45) is 4.45. The van der Waals surface area contributed by atoms with Crippen LogP contribution in [0.5, 0.6) is 0 Å². The predicted molar refractivity (Wildman–Crippen MR) is 139 cm³/mol. The van der Waals surface area contributed by atoms with Crippen molar-refractivity contribution in [3.8, 4) is 6.07 Å². The van der Waals surface area contributed by atoms with Gasteiger partial charge in [-0.15, -0.1) is 11.3 Å². The minimum Gasteiger partial charge on any atom is -0.349 e. The third-order valence-electron chi connectivity index (χ3n) is 5.66. The van der Waals surface area contributed by atoms with Crippen molar-refractivity contribution in [2.75, 3.05) is 24.2 Å². The molecule has 1 aliphatic rings. The van der Waals surface area contributed by atoms with Gasteiger partial charge < -0.3 is 10.2 Å². The molecule has 8 heteroatoms. The number of thioether (sulfide) groups is 1. The van der Waals surface area contributed by atoms with Gasteiger partial charge in [-0.2, -0.15) is 5.26 Å². The largest absolute Gasteiger partial charge is 0.349 e. The summed E-state index contributed by atoms with van der Waals surface area (Å²) in [6, 6.07) is 15.8. The number of rotatable bonds is 6. The van der Waals surface area contributed by atoms with E-state index in [0.29, 0.717) is 20.6 Å². The molecule has 0 bridgehead atoms. The number of nitrogens with zero attached hydrogens (tertiary/aromatic N) is 3. The second kappa shape index (κ2) is 11.1. The molecule has 2 heterocycles. The molecule has 1 saturated heterocycles. The van der Waals surface area contributed by atoms with Gasteiger partial charge in [-0.3, -0.25) is 4.79 Å². The fourth-order valence-electron chi connectivity index (χ4n) is 3.76. The van der Waals surface area contributed by atoms with Crippen molar-refractivity contribution in [3.63, 3.8) is 0 Å². The van der Waals surface area contributed by atoms with Gasteiger partial charge in [-0.05, 0) is 49.6 Å². The average molecular weight is 497 g/mol. The molecule has 1 N–H and O–H groups in total. The van der Waals surface area contributed by atoms with Crippen LogP contribution in [0.15, 0.2) is 47.5 Å². The van der Waals surface area contributed by atoms with E-state index in [-0.39, 0.29) is 11.7 Å². The highest BCUT2D eigenvalue weighted by molar-refractivity contribution is 8.04. The molecule has 0 spiro atoms. The number of para-hydroxylation sites is 1. The van der Waals surface area contributed by atoms with Crippen molar-refractivity contribution in [1.29, 1.82) is 5.26 Å². The van der Waals surface area contributed by atoms with Gasteiger partial charge in [0.25, 0.3) is 0 Å². The Morgan fingerprint density at radius 1 is 1.18 bits per heavy atom. The first kappa shape index (κ1) is 23.6. The lowest BCUT2D eigenvalue weighted by molar-refractivity contribution is -0.128. The minimum atomic E-state index is 0.102. The molecule has 3 aromatic rings. The summed E-state index contributed by atoms with van der Waals surface area (Å²) in [7, 11) is 0. The van der Waals surface area contributed by atoms with Crippen LogP contribution in [-0.4, -0.2) is 34.6 Å². The van der Waals surface area contributed by atoms with Crippen LogP contribution in [0.1, 0.15) is 36.3 Å². The lowest BCUT2D eigenvalue weighted by Gasteiger charge is -2.21. The van der Waals surface area contributed by atoms with Crippen LogP contribution in [0.4, 0.5) is 5.69 Å². The lowest BCUT2D eigenvalue weighted by atomic mass is 10.2. The van der Waals surface area contributed by atoms with Crippen molar-refractivity contribution in [2.45, 2.75) is 32.6 Å². The Labute approximate surface area is 207 Å². The highest BCUT2D eigenvalue weighted by Crippen LogP contribution is 2.34. The summed E-state index contributed by atoms with van der Waals surface area (Å²) in [5.41, 5.74) is 2.98. The summed E-state index contributed by atoms with van der Waals surface area (Å²) in [5.74, 6) is 0.364. The number of carbonyl (C=O) groups excluding carboxylic acids is 1. The standard InChI is InChI=1S/C25H25ClN4OS2/c1-17-19(26)9-8-11-20(17)28-24(32-16-23(31)30-13-6-2-3-7-14-30)18(15-27)25-29-21-10-4-5-12-22(21)33-25/h4-5,8-12,28H,2-3,6-7,13-14,16H2,1H3. The highest BCUT2D eigenvalue weighted by atomic mass is 35.5. The first-order chi connectivity index (χ1) is 16.1. The molecule has 33 heavy (non-hydrogen) atoms. The molecule has 2 aromatic carbocycles. The highest BCUT2D eigenvalue weighted by Gasteiger charge is 2.20. The minimum absolute atomic E-state index is 0.102. The quantitative estimate of drug-likeness (QED) is 0.384. The fourth-order valence-corrected chi connectivity index (χ4v) is 5.88. The van der Waals surface area contributed by atoms with E-state index in [9.17, 15) is 10.1 Å². The van der Waals surface area contributed by atoms with Crippen LogP contribution in [0, 0.1) is 18.3 Å². The van der Waals surface area contributed by atoms with E-state index >= 15 is 0 Å². The molecule has 170 valence electrons. The number of amides is 1. The Hall–Kier alpha value is -2.53. The van der Waals surface area contributed by atoms with E-state index in [2.05, 4.69) is 16.4 Å². The molecule has 0 radical (unpaired) electrons. The number of benzene rings is 2. The number of aromatic nitrogens is 1. The van der Waals surface area contributed by atoms with Gasteiger partial charge in [0.15, 0.2) is 0 Å². The smallest absolute Gasteiger partial charge is 0.232 e. The summed E-state index contributed by atoms with van der Waals surface area (Å²) >= 11 is 9.16. The number of hydrogen-bond acceptors (Lipinski definition) is 6. The zero-order valence-corrected chi connectivity index (χ0v) is 20.8. The molecule has 1 amide bonds. The number of hydrogen-bond donors (Lipinski definition) is 1. The van der Waals surface area contributed by atoms with Crippen molar-refractivity contribution < 1.29 is 4.79 Å². The summed E-state index contributed by atoms with van der Waals surface area (Å²) < 4.78 is 1.02. The zero-order valence-electron chi connectivity index (χ0n) is 18.4. The van der Waals surface area contributed by atoms with E-state index in [1.165, 1.54) is 35.9 Å². The summed E-state index contributed by atoms with van der Waals surface area (Å²) in [4.78, 5) is 19.6. The monoisotopic (exact) mass is 496 g/mol. The van der Waals surface area contributed by atoms with E-state index < -0.39 is 0 Å². The Kier molecular flexibility index (Phi) is 7.92. The molecule has 0 aliphatic carbocycles. The van der Waals surface area contributed by atoms with Gasteiger partial charge in [-0.25, -0.2) is 4.98 Å². The number of halogens is 1. The number of allylic oxidation sites excluding steroid dienone is 1. The maximum atomic E-state index is 13.0. The number of likely N-dealkylation sites (tertiary alicyclic amines) is 1. The number of anilines is 1. The van der Waals surface area contributed by atoms with Crippen LogP contribution < -0.4 is 5.32 Å². The number of carbonyl (C=O) groups is 1. The first-order valence-electron chi connectivity index (χ1n) is 11.0. The van der Waals surface area contributed by atoms with Crippen molar-refractivity contribution in [1.82, 2.24) is 9.88 Å². The average Bonchev–Trinajstić information content (AvgIpc) is 3.05. The molecule has 1 fully saturated rings. The Balaban J connectivity index is 1.67. The number of nitrogens with one attached hydrogen (secondary N) is 1. The van der Waals surface area contributed by atoms with E-state index in [0.717, 1.165) is 47.4 Å². The van der Waals surface area contributed by atoms with Crippen LogP contribution in [0.3, 0.4) is 0 Å². The first-order valence-corrected chi connectivity index (χ1v) is 13.2. The van der Waals surface area contributed by atoms with Gasteiger partial charge in [0.1, 0.15) is 16.6 Å². The molecule has 0 unspecified atom stereocenters. The van der Waals surface area contributed by atoms with Crippen LogP contribution >= 0.6 is 34.7 Å². The van der Waals surface area contributed by atoms with E-state index in [1.807, 2.05) is 54.3 Å². The molecular formula is C25H25ClN4OS2. The Bertz CT molecular complexity index is 1190. The second-order valence-corrected chi connectivity index (χ2v) is 10.3. The maximum Gasteiger partial charge on any atom is 0.232 e. The number of nitriles is 1. The molecule has 1 aromatic heterocycles. The molecule has 0 atom stereocenters. The molecule has 4 rings (SSSR count). The topological polar surface area (TPSA) is 69.0 Å². The van der Waals surface area contributed by atoms with Gasteiger partial charge in [0.2, 0.25) is 5.91 Å². The fraction of sp³-hybridized carbons (Fsp3) is 0.320. The molecular weight excluding hydrogens is 472 g/mol. The van der Waals surface area contributed by atoms with Crippen LogP contribution in [0.2, 0.25) is 5.02 Å². The van der Waals surface area contributed by atoms with Gasteiger partial charge in [-0.1, -0.05) is 54.4 Å². The molecule has 1 aliphatic heterocycles. The summed E-state index contributed by atoms with van der Waals surface area (Å²) in [5, 5.41) is 15.4. The predicted octanol–water partition coefficient (Wildman–Crippen LogP) is 6.70. The number of thiazole rings is 1.